The zero-order chi connectivity index (χ0) is 15.8. The average Bonchev–Trinajstić information content (AvgIpc) is 2.59. The van der Waals surface area contributed by atoms with E-state index in [2.05, 4.69) is 10.2 Å². The molecular weight excluding hydrogens is 284 g/mol. The molecule has 2 amide bonds. The van der Waals surface area contributed by atoms with Crippen LogP contribution < -0.4 is 10.4 Å². The lowest BCUT2D eigenvalue weighted by Gasteiger charge is -2.21. The van der Waals surface area contributed by atoms with Crippen LogP contribution in [0.3, 0.4) is 0 Å². The van der Waals surface area contributed by atoms with E-state index in [9.17, 15) is 9.59 Å². The molecule has 0 aliphatic carbocycles. The van der Waals surface area contributed by atoms with Crippen LogP contribution in [0.25, 0.3) is 0 Å². The molecule has 0 saturated heterocycles. The molecule has 0 spiro atoms. The number of rotatable bonds is 3. The molecule has 0 unspecified atom stereocenters. The van der Waals surface area contributed by atoms with Crippen molar-refractivity contribution in [3.63, 3.8) is 0 Å². The summed E-state index contributed by atoms with van der Waals surface area (Å²) >= 11 is 0. The predicted molar refractivity (Wildman–Crippen MR) is 81.1 cm³/mol. The third-order valence-electron chi connectivity index (χ3n) is 2.79. The fraction of sp³-hybridized carbons (Fsp3) is 0.125. The number of amides is 2. The second kappa shape index (κ2) is 7.68. The van der Waals surface area contributed by atoms with E-state index in [4.69, 9.17) is 4.74 Å². The average molecular weight is 300 g/mol. The lowest BCUT2D eigenvalue weighted by atomic mass is 10.2. The first kappa shape index (κ1) is 15.4. The molecule has 2 aromatic carbocycles. The molecule has 0 atom stereocenters. The van der Waals surface area contributed by atoms with E-state index in [1.807, 2.05) is 30.3 Å². The first-order chi connectivity index (χ1) is 10.7. The number of nitrogens with zero attached hydrogens (tertiary/aromatic N) is 1. The van der Waals surface area contributed by atoms with Gasteiger partial charge in [-0.25, -0.2) is 15.0 Å². The highest BCUT2D eigenvalue weighted by Crippen LogP contribution is 2.12. The Labute approximate surface area is 128 Å². The van der Waals surface area contributed by atoms with Gasteiger partial charge in [0, 0.05) is 0 Å². The van der Waals surface area contributed by atoms with Gasteiger partial charge in [-0.3, -0.25) is 0 Å². The summed E-state index contributed by atoms with van der Waals surface area (Å²) < 4.78 is 9.72. The molecular formula is C16H16N2O4. The van der Waals surface area contributed by atoms with Crippen LogP contribution in [-0.4, -0.2) is 19.3 Å². The van der Waals surface area contributed by atoms with Crippen LogP contribution >= 0.6 is 0 Å². The summed E-state index contributed by atoms with van der Waals surface area (Å²) in [7, 11) is 1.23. The van der Waals surface area contributed by atoms with Crippen molar-refractivity contribution in [3.05, 3.63) is 66.2 Å². The van der Waals surface area contributed by atoms with Crippen LogP contribution in [0.4, 0.5) is 15.3 Å². The summed E-state index contributed by atoms with van der Waals surface area (Å²) in [5.41, 5.74) is 3.66. The van der Waals surface area contributed by atoms with Crippen molar-refractivity contribution in [1.29, 1.82) is 0 Å². The number of para-hydroxylation sites is 1. The maximum atomic E-state index is 11.8. The van der Waals surface area contributed by atoms with Crippen molar-refractivity contribution < 1.29 is 19.1 Å². The maximum Gasteiger partial charge on any atom is 0.433 e. The van der Waals surface area contributed by atoms with Crippen molar-refractivity contribution in [2.75, 3.05) is 12.1 Å². The van der Waals surface area contributed by atoms with Crippen LogP contribution in [0.1, 0.15) is 5.56 Å². The molecule has 0 bridgehead atoms. The van der Waals surface area contributed by atoms with Crippen molar-refractivity contribution >= 4 is 17.9 Å². The Hall–Kier alpha value is -3.02. The third-order valence-corrected chi connectivity index (χ3v) is 2.79. The quantitative estimate of drug-likeness (QED) is 0.884. The second-order valence-electron chi connectivity index (χ2n) is 4.31. The zero-order valence-corrected chi connectivity index (χ0v) is 12.1. The van der Waals surface area contributed by atoms with Crippen molar-refractivity contribution in [2.45, 2.75) is 6.61 Å². The van der Waals surface area contributed by atoms with Crippen LogP contribution in [0.5, 0.6) is 0 Å². The molecule has 0 aromatic heterocycles. The summed E-state index contributed by atoms with van der Waals surface area (Å²) in [5, 5.41) is 0.979. The SMILES string of the molecule is COC(=O)N(NC(=O)OCc1ccccc1)c1ccccc1. The van der Waals surface area contributed by atoms with E-state index in [1.54, 1.807) is 30.3 Å². The van der Waals surface area contributed by atoms with Gasteiger partial charge in [0.1, 0.15) is 6.61 Å². The highest BCUT2D eigenvalue weighted by molar-refractivity contribution is 5.90. The normalized spacial score (nSPS) is 9.68. The highest BCUT2D eigenvalue weighted by atomic mass is 16.6. The van der Waals surface area contributed by atoms with Gasteiger partial charge in [-0.2, -0.15) is 5.01 Å². The van der Waals surface area contributed by atoms with E-state index in [0.717, 1.165) is 10.6 Å². The zero-order valence-electron chi connectivity index (χ0n) is 12.1. The number of ether oxygens (including phenoxy) is 2. The van der Waals surface area contributed by atoms with Crippen LogP contribution in [0, 0.1) is 0 Å². The fourth-order valence-electron chi connectivity index (χ4n) is 1.73. The largest absolute Gasteiger partial charge is 0.451 e. The van der Waals surface area contributed by atoms with E-state index in [1.165, 1.54) is 7.11 Å². The molecule has 6 heteroatoms. The number of anilines is 1. The van der Waals surface area contributed by atoms with Crippen LogP contribution in [0.2, 0.25) is 0 Å². The molecule has 0 aliphatic heterocycles. The van der Waals surface area contributed by atoms with Gasteiger partial charge in [0.05, 0.1) is 12.8 Å². The van der Waals surface area contributed by atoms with E-state index >= 15 is 0 Å². The molecule has 0 saturated carbocycles. The van der Waals surface area contributed by atoms with Gasteiger partial charge >= 0.3 is 12.2 Å². The van der Waals surface area contributed by atoms with Gasteiger partial charge < -0.3 is 9.47 Å². The van der Waals surface area contributed by atoms with Gasteiger partial charge in [0.25, 0.3) is 0 Å². The van der Waals surface area contributed by atoms with Gasteiger partial charge in [0.15, 0.2) is 0 Å². The number of nitrogens with one attached hydrogen (secondary N) is 1. The molecule has 0 fully saturated rings. The molecule has 6 nitrogen and oxygen atoms in total. The second-order valence-corrected chi connectivity index (χ2v) is 4.31. The van der Waals surface area contributed by atoms with Gasteiger partial charge in [0.2, 0.25) is 0 Å². The Morgan fingerprint density at radius 2 is 1.59 bits per heavy atom. The number of benzene rings is 2. The number of hydrogen-bond acceptors (Lipinski definition) is 4. The van der Waals surface area contributed by atoms with Crippen LogP contribution in [-0.2, 0) is 16.1 Å². The lowest BCUT2D eigenvalue weighted by molar-refractivity contribution is 0.134. The molecule has 1 N–H and O–H groups in total. The monoisotopic (exact) mass is 300 g/mol. The first-order valence-corrected chi connectivity index (χ1v) is 6.61. The Balaban J connectivity index is 1.98. The number of carbonyl (C=O) groups excluding carboxylic acids is 2. The maximum absolute atomic E-state index is 11.8. The molecule has 22 heavy (non-hydrogen) atoms. The number of hydrazine groups is 1. The number of methoxy groups -OCH3 is 1. The van der Waals surface area contributed by atoms with Gasteiger partial charge in [-0.05, 0) is 17.7 Å². The molecule has 0 aliphatic rings. The van der Waals surface area contributed by atoms with Gasteiger partial charge in [-0.1, -0.05) is 48.5 Å². The third kappa shape index (κ3) is 4.24. The summed E-state index contributed by atoms with van der Waals surface area (Å²) in [6, 6.07) is 17.8. The standard InChI is InChI=1S/C16H16N2O4/c1-21-16(20)18(14-10-6-3-7-11-14)17-15(19)22-12-13-8-4-2-5-9-13/h2-11H,12H2,1H3,(H,17,19). The smallest absolute Gasteiger partial charge is 0.433 e. The summed E-state index contributed by atoms with van der Waals surface area (Å²) in [6.45, 7) is 0.108. The molecule has 114 valence electrons. The molecule has 0 heterocycles. The Bertz CT molecular complexity index is 617. The topological polar surface area (TPSA) is 67.9 Å². The fourth-order valence-corrected chi connectivity index (χ4v) is 1.73. The Morgan fingerprint density at radius 1 is 1.00 bits per heavy atom. The predicted octanol–water partition coefficient (Wildman–Crippen LogP) is 3.10. The minimum absolute atomic E-state index is 0.108. The van der Waals surface area contributed by atoms with E-state index in [-0.39, 0.29) is 6.61 Å². The highest BCUT2D eigenvalue weighted by Gasteiger charge is 2.19. The van der Waals surface area contributed by atoms with Crippen molar-refractivity contribution in [1.82, 2.24) is 5.43 Å². The van der Waals surface area contributed by atoms with Crippen molar-refractivity contribution in [3.8, 4) is 0 Å². The number of hydrogen-bond donors (Lipinski definition) is 1. The summed E-state index contributed by atoms with van der Waals surface area (Å²) in [6.07, 6.45) is -1.47. The lowest BCUT2D eigenvalue weighted by Crippen LogP contribution is -2.46. The van der Waals surface area contributed by atoms with Crippen molar-refractivity contribution in [2.24, 2.45) is 0 Å². The summed E-state index contributed by atoms with van der Waals surface area (Å²) in [5.74, 6) is 0. The molecule has 2 rings (SSSR count). The summed E-state index contributed by atoms with van der Waals surface area (Å²) in [4.78, 5) is 23.6. The van der Waals surface area contributed by atoms with Crippen LogP contribution in [0.15, 0.2) is 60.7 Å². The van der Waals surface area contributed by atoms with E-state index in [0.29, 0.717) is 5.69 Å². The van der Waals surface area contributed by atoms with E-state index < -0.39 is 12.2 Å². The number of carbonyl (C=O) groups is 2. The Morgan fingerprint density at radius 3 is 2.18 bits per heavy atom. The Kier molecular flexibility index (Phi) is 5.37. The minimum Gasteiger partial charge on any atom is -0.451 e. The first-order valence-electron chi connectivity index (χ1n) is 6.61. The van der Waals surface area contributed by atoms with Gasteiger partial charge in [-0.15, -0.1) is 0 Å². The minimum atomic E-state index is -0.752. The molecule has 0 radical (unpaired) electrons. The molecule has 2 aromatic rings.